The Bertz CT molecular complexity index is 858. The molecule has 0 saturated carbocycles. The van der Waals surface area contributed by atoms with E-state index in [0.29, 0.717) is 5.82 Å². The van der Waals surface area contributed by atoms with Gasteiger partial charge < -0.3 is 5.73 Å². The van der Waals surface area contributed by atoms with Crippen LogP contribution >= 0.6 is 0 Å². The molecule has 5 heteroatoms. The van der Waals surface area contributed by atoms with Crippen molar-refractivity contribution in [1.29, 1.82) is 0 Å². The monoisotopic (exact) mass is 323 g/mol. The van der Waals surface area contributed by atoms with Crippen LogP contribution in [-0.4, -0.2) is 20.4 Å². The molecule has 0 radical (unpaired) electrons. The summed E-state index contributed by atoms with van der Waals surface area (Å²) in [4.78, 5) is 9.18. The Morgan fingerprint density at radius 2 is 1.65 bits per heavy atom. The molecule has 1 heterocycles. The van der Waals surface area contributed by atoms with Gasteiger partial charge in [-0.05, 0) is 24.1 Å². The summed E-state index contributed by atoms with van der Waals surface area (Å²) in [7, 11) is -1.03. The van der Waals surface area contributed by atoms with E-state index in [9.17, 15) is 4.21 Å². The summed E-state index contributed by atoms with van der Waals surface area (Å²) >= 11 is 0. The first-order valence-electron chi connectivity index (χ1n) is 7.17. The summed E-state index contributed by atoms with van der Waals surface area (Å²) in [5.74, 6) is 0.403. The van der Waals surface area contributed by atoms with Crippen LogP contribution in [0, 0.1) is 6.92 Å². The zero-order valence-electron chi connectivity index (χ0n) is 13.0. The van der Waals surface area contributed by atoms with Crippen LogP contribution in [0.2, 0.25) is 0 Å². The summed E-state index contributed by atoms with van der Waals surface area (Å²) < 4.78 is 12.0. The van der Waals surface area contributed by atoms with Gasteiger partial charge in [-0.2, -0.15) is 0 Å². The second-order valence-corrected chi connectivity index (χ2v) is 6.71. The van der Waals surface area contributed by atoms with E-state index in [2.05, 4.69) is 16.0 Å². The van der Waals surface area contributed by atoms with Crippen LogP contribution in [0.4, 0.5) is 5.82 Å². The number of hydrogen-bond donors (Lipinski definition) is 1. The molecule has 2 aromatic carbocycles. The average Bonchev–Trinajstić information content (AvgIpc) is 2.55. The van der Waals surface area contributed by atoms with E-state index in [1.807, 2.05) is 43.3 Å². The smallest absolute Gasteiger partial charge is 0.141 e. The zero-order valence-corrected chi connectivity index (χ0v) is 13.8. The standard InChI is InChI=1S/C18H17N3OS/c1-12-3-8-17(23(2)22)15(9-12)13-4-6-14(7-5-13)16-10-21-18(19)11-20-16/h3-11H,1-2H3,(H2,19,21). The number of benzene rings is 2. The van der Waals surface area contributed by atoms with Gasteiger partial charge in [0.25, 0.3) is 0 Å². The number of nitrogens with two attached hydrogens (primary N) is 1. The van der Waals surface area contributed by atoms with Crippen molar-refractivity contribution in [3.8, 4) is 22.4 Å². The maximum absolute atomic E-state index is 12.0. The lowest BCUT2D eigenvalue weighted by atomic mass is 10.0. The summed E-state index contributed by atoms with van der Waals surface area (Å²) in [6.45, 7) is 2.03. The van der Waals surface area contributed by atoms with E-state index >= 15 is 0 Å². The lowest BCUT2D eigenvalue weighted by molar-refractivity contribution is 0.687. The van der Waals surface area contributed by atoms with Crippen molar-refractivity contribution in [3.05, 3.63) is 60.4 Å². The Morgan fingerprint density at radius 1 is 0.957 bits per heavy atom. The molecule has 0 fully saturated rings. The number of nitrogen functional groups attached to an aromatic ring is 1. The van der Waals surface area contributed by atoms with Gasteiger partial charge in [-0.15, -0.1) is 0 Å². The van der Waals surface area contributed by atoms with Gasteiger partial charge >= 0.3 is 0 Å². The molecular weight excluding hydrogens is 306 g/mol. The highest BCUT2D eigenvalue weighted by Crippen LogP contribution is 2.29. The van der Waals surface area contributed by atoms with Crippen molar-refractivity contribution < 1.29 is 4.21 Å². The van der Waals surface area contributed by atoms with Crippen molar-refractivity contribution in [2.45, 2.75) is 11.8 Å². The molecule has 0 saturated heterocycles. The van der Waals surface area contributed by atoms with E-state index in [1.165, 1.54) is 0 Å². The highest BCUT2D eigenvalue weighted by molar-refractivity contribution is 7.84. The first-order valence-corrected chi connectivity index (χ1v) is 8.73. The van der Waals surface area contributed by atoms with E-state index in [1.54, 1.807) is 18.6 Å². The zero-order chi connectivity index (χ0) is 16.4. The summed E-state index contributed by atoms with van der Waals surface area (Å²) in [5.41, 5.74) is 10.5. The number of anilines is 1. The number of aryl methyl sites for hydroxylation is 1. The SMILES string of the molecule is Cc1ccc(S(C)=O)c(-c2ccc(-c3cnc(N)cn3)cc2)c1. The molecule has 1 aromatic heterocycles. The number of rotatable bonds is 3. The van der Waals surface area contributed by atoms with Gasteiger partial charge in [0.05, 0.1) is 28.9 Å². The minimum Gasteiger partial charge on any atom is -0.382 e. The normalized spacial score (nSPS) is 12.1. The van der Waals surface area contributed by atoms with Crippen LogP contribution in [0.15, 0.2) is 59.8 Å². The minimum absolute atomic E-state index is 0.403. The Kier molecular flexibility index (Phi) is 4.21. The fourth-order valence-electron chi connectivity index (χ4n) is 2.43. The van der Waals surface area contributed by atoms with Gasteiger partial charge in [0.1, 0.15) is 5.82 Å². The fraction of sp³-hybridized carbons (Fsp3) is 0.111. The van der Waals surface area contributed by atoms with E-state index in [4.69, 9.17) is 5.73 Å². The molecule has 0 aliphatic heterocycles. The van der Waals surface area contributed by atoms with E-state index in [0.717, 1.165) is 32.8 Å². The lowest BCUT2D eigenvalue weighted by Gasteiger charge is -2.10. The van der Waals surface area contributed by atoms with Crippen LogP contribution in [0.5, 0.6) is 0 Å². The van der Waals surface area contributed by atoms with E-state index < -0.39 is 10.8 Å². The quantitative estimate of drug-likeness (QED) is 0.801. The van der Waals surface area contributed by atoms with Crippen LogP contribution in [0.3, 0.4) is 0 Å². The number of hydrogen-bond acceptors (Lipinski definition) is 4. The molecule has 3 rings (SSSR count). The Labute approximate surface area is 137 Å². The molecule has 0 aliphatic rings. The first kappa shape index (κ1) is 15.4. The predicted octanol–water partition coefficient (Wildman–Crippen LogP) is 3.44. The third-order valence-corrected chi connectivity index (χ3v) is 4.58. The van der Waals surface area contributed by atoms with Gasteiger partial charge in [0.2, 0.25) is 0 Å². The van der Waals surface area contributed by atoms with Gasteiger partial charge in [0.15, 0.2) is 0 Å². The molecule has 116 valence electrons. The van der Waals surface area contributed by atoms with Crippen LogP contribution in [-0.2, 0) is 10.8 Å². The number of aromatic nitrogens is 2. The molecule has 23 heavy (non-hydrogen) atoms. The fourth-order valence-corrected chi connectivity index (χ4v) is 3.17. The molecule has 0 aliphatic carbocycles. The third kappa shape index (κ3) is 3.29. The number of nitrogens with zero attached hydrogens (tertiary/aromatic N) is 2. The van der Waals surface area contributed by atoms with Gasteiger partial charge in [0, 0.05) is 16.7 Å². The van der Waals surface area contributed by atoms with Crippen LogP contribution in [0.25, 0.3) is 22.4 Å². The third-order valence-electron chi connectivity index (χ3n) is 3.61. The largest absolute Gasteiger partial charge is 0.382 e. The Balaban J connectivity index is 2.01. The maximum atomic E-state index is 12.0. The van der Waals surface area contributed by atoms with Crippen molar-refractivity contribution in [1.82, 2.24) is 9.97 Å². The molecule has 2 N–H and O–H groups in total. The van der Waals surface area contributed by atoms with Gasteiger partial charge in [-0.1, -0.05) is 42.0 Å². The van der Waals surface area contributed by atoms with Crippen molar-refractivity contribution in [2.24, 2.45) is 0 Å². The van der Waals surface area contributed by atoms with Crippen molar-refractivity contribution in [2.75, 3.05) is 12.0 Å². The van der Waals surface area contributed by atoms with Crippen molar-refractivity contribution >= 4 is 16.6 Å². The Hall–Kier alpha value is -2.53. The predicted molar refractivity (Wildman–Crippen MR) is 94.4 cm³/mol. The molecule has 0 amide bonds. The molecule has 4 nitrogen and oxygen atoms in total. The second-order valence-electron chi connectivity index (χ2n) is 5.36. The first-order chi connectivity index (χ1) is 11.0. The Morgan fingerprint density at radius 3 is 2.26 bits per heavy atom. The molecule has 3 aromatic rings. The maximum Gasteiger partial charge on any atom is 0.141 e. The average molecular weight is 323 g/mol. The van der Waals surface area contributed by atoms with Crippen molar-refractivity contribution in [3.63, 3.8) is 0 Å². The lowest BCUT2D eigenvalue weighted by Crippen LogP contribution is -1.94. The van der Waals surface area contributed by atoms with Gasteiger partial charge in [-0.25, -0.2) is 4.98 Å². The topological polar surface area (TPSA) is 68.9 Å². The molecule has 1 atom stereocenters. The summed E-state index contributed by atoms with van der Waals surface area (Å²) in [5, 5.41) is 0. The second kappa shape index (κ2) is 6.30. The van der Waals surface area contributed by atoms with E-state index in [-0.39, 0.29) is 0 Å². The highest BCUT2D eigenvalue weighted by Gasteiger charge is 2.09. The molecule has 0 spiro atoms. The van der Waals surface area contributed by atoms with Crippen LogP contribution in [0.1, 0.15) is 5.56 Å². The molecule has 1 unspecified atom stereocenters. The summed E-state index contributed by atoms with van der Waals surface area (Å²) in [6.07, 6.45) is 4.90. The highest BCUT2D eigenvalue weighted by atomic mass is 32.2. The molecular formula is C18H17N3OS. The minimum atomic E-state index is -1.03. The van der Waals surface area contributed by atoms with Crippen LogP contribution < -0.4 is 5.73 Å². The summed E-state index contributed by atoms with van der Waals surface area (Å²) in [6, 6.07) is 14.0. The van der Waals surface area contributed by atoms with Gasteiger partial charge in [-0.3, -0.25) is 9.19 Å². The molecule has 0 bridgehead atoms.